The van der Waals surface area contributed by atoms with Crippen molar-refractivity contribution < 1.29 is 22.3 Å². The molecule has 32 heavy (non-hydrogen) atoms. The predicted molar refractivity (Wildman–Crippen MR) is 123 cm³/mol. The van der Waals surface area contributed by atoms with Gasteiger partial charge in [-0.2, -0.15) is 4.31 Å². The van der Waals surface area contributed by atoms with E-state index < -0.39 is 20.7 Å². The normalized spacial score (nSPS) is 15.0. The Morgan fingerprint density at radius 3 is 2.41 bits per heavy atom. The third-order valence-electron chi connectivity index (χ3n) is 5.19. The summed E-state index contributed by atoms with van der Waals surface area (Å²) >= 11 is 3.17. The van der Waals surface area contributed by atoms with Crippen molar-refractivity contribution >= 4 is 38.6 Å². The summed E-state index contributed by atoms with van der Waals surface area (Å²) in [5.74, 6) is -1.19. The highest BCUT2D eigenvalue weighted by atomic mass is 32.2. The van der Waals surface area contributed by atoms with Gasteiger partial charge in [-0.25, -0.2) is 12.8 Å². The maximum absolute atomic E-state index is 14.6. The first-order valence-electron chi connectivity index (χ1n) is 10.2. The van der Waals surface area contributed by atoms with Crippen molar-refractivity contribution in [2.75, 3.05) is 32.8 Å². The second-order valence-electron chi connectivity index (χ2n) is 7.30. The fourth-order valence-corrected chi connectivity index (χ4v) is 6.40. The van der Waals surface area contributed by atoms with Gasteiger partial charge in [-0.15, -0.1) is 22.7 Å². The average Bonchev–Trinajstić information content (AvgIpc) is 3.51. The minimum Gasteiger partial charge on any atom is -0.379 e. The molecule has 3 heterocycles. The van der Waals surface area contributed by atoms with Crippen LogP contribution < -0.4 is 0 Å². The molecule has 1 aromatic carbocycles. The van der Waals surface area contributed by atoms with E-state index in [4.69, 9.17) is 4.74 Å². The smallest absolute Gasteiger partial charge is 0.254 e. The SMILES string of the molecule is O=C(c1ccc(F)c(S(=O)(=O)N2CCOCC2)c1)N(CCc1cccs1)Cc1cccs1. The second-order valence-corrected chi connectivity index (χ2v) is 11.3. The van der Waals surface area contributed by atoms with E-state index in [1.54, 1.807) is 27.6 Å². The molecule has 0 unspecified atom stereocenters. The molecule has 0 aliphatic carbocycles. The van der Waals surface area contributed by atoms with Crippen molar-refractivity contribution in [1.29, 1.82) is 0 Å². The van der Waals surface area contributed by atoms with Gasteiger partial charge in [-0.05, 0) is 47.5 Å². The highest BCUT2D eigenvalue weighted by molar-refractivity contribution is 7.89. The van der Waals surface area contributed by atoms with Gasteiger partial charge < -0.3 is 9.64 Å². The molecule has 0 atom stereocenters. The summed E-state index contributed by atoms with van der Waals surface area (Å²) in [7, 11) is -4.06. The molecule has 4 rings (SSSR count). The van der Waals surface area contributed by atoms with Crippen molar-refractivity contribution in [3.05, 3.63) is 74.4 Å². The molecule has 1 aliphatic rings. The maximum Gasteiger partial charge on any atom is 0.254 e. The molecular weight excluding hydrogens is 471 g/mol. The third-order valence-corrected chi connectivity index (χ3v) is 8.90. The number of halogens is 1. The number of amides is 1. The summed E-state index contributed by atoms with van der Waals surface area (Å²) in [6.07, 6.45) is 0.689. The summed E-state index contributed by atoms with van der Waals surface area (Å²) in [5.41, 5.74) is 0.154. The molecule has 2 aromatic heterocycles. The number of ether oxygens (including phenoxy) is 1. The monoisotopic (exact) mass is 494 g/mol. The highest BCUT2D eigenvalue weighted by Gasteiger charge is 2.30. The first kappa shape index (κ1) is 23.1. The lowest BCUT2D eigenvalue weighted by Gasteiger charge is -2.26. The zero-order valence-electron chi connectivity index (χ0n) is 17.3. The van der Waals surface area contributed by atoms with E-state index in [1.165, 1.54) is 10.4 Å². The average molecular weight is 495 g/mol. The number of carbonyl (C=O) groups is 1. The predicted octanol–water partition coefficient (Wildman–Crippen LogP) is 3.85. The number of benzene rings is 1. The summed E-state index contributed by atoms with van der Waals surface area (Å²) in [4.78, 5) is 16.8. The van der Waals surface area contributed by atoms with Crippen LogP contribution >= 0.6 is 22.7 Å². The molecule has 0 N–H and O–H groups in total. The second kappa shape index (κ2) is 10.2. The number of morpholine rings is 1. The van der Waals surface area contributed by atoms with Crippen LogP contribution in [0.2, 0.25) is 0 Å². The lowest BCUT2D eigenvalue weighted by atomic mass is 10.1. The van der Waals surface area contributed by atoms with E-state index in [9.17, 15) is 17.6 Å². The molecule has 1 fully saturated rings. The van der Waals surface area contributed by atoms with Crippen LogP contribution in [0.3, 0.4) is 0 Å². The number of rotatable bonds is 8. The zero-order chi connectivity index (χ0) is 22.6. The van der Waals surface area contributed by atoms with Crippen molar-refractivity contribution in [2.45, 2.75) is 17.9 Å². The van der Waals surface area contributed by atoms with Crippen LogP contribution in [-0.4, -0.2) is 56.4 Å². The molecule has 6 nitrogen and oxygen atoms in total. The Balaban J connectivity index is 1.60. The first-order valence-corrected chi connectivity index (χ1v) is 13.4. The molecule has 0 bridgehead atoms. The standard InChI is InChI=1S/C22H23FN2O4S3/c23-20-6-5-17(15-21(20)32(27,28)25-9-11-29-12-10-25)22(26)24(16-19-4-2-14-31-19)8-7-18-3-1-13-30-18/h1-6,13-15H,7-12,16H2. The van der Waals surface area contributed by atoms with E-state index in [1.807, 2.05) is 35.0 Å². The Morgan fingerprint density at radius 1 is 1.06 bits per heavy atom. The number of hydrogen-bond donors (Lipinski definition) is 0. The molecule has 10 heteroatoms. The summed E-state index contributed by atoms with van der Waals surface area (Å²) in [6.45, 7) is 1.72. The van der Waals surface area contributed by atoms with Gasteiger partial charge in [0.05, 0.1) is 19.8 Å². The van der Waals surface area contributed by atoms with E-state index in [0.717, 1.165) is 21.9 Å². The number of carbonyl (C=O) groups excluding carboxylic acids is 1. The maximum atomic E-state index is 14.6. The van der Waals surface area contributed by atoms with Crippen LogP contribution in [0.15, 0.2) is 58.1 Å². The summed E-state index contributed by atoms with van der Waals surface area (Å²) in [5, 5.41) is 3.94. The van der Waals surface area contributed by atoms with Crippen molar-refractivity contribution in [3.8, 4) is 0 Å². The van der Waals surface area contributed by atoms with Gasteiger partial charge in [0.2, 0.25) is 10.0 Å². The number of sulfonamides is 1. The third kappa shape index (κ3) is 5.26. The van der Waals surface area contributed by atoms with Crippen molar-refractivity contribution in [1.82, 2.24) is 9.21 Å². The quantitative estimate of drug-likeness (QED) is 0.477. The first-order chi connectivity index (χ1) is 15.4. The number of nitrogens with zero attached hydrogens (tertiary/aromatic N) is 2. The largest absolute Gasteiger partial charge is 0.379 e. The Hall–Kier alpha value is -2.11. The van der Waals surface area contributed by atoms with Crippen LogP contribution in [-0.2, 0) is 27.7 Å². The topological polar surface area (TPSA) is 66.9 Å². The van der Waals surface area contributed by atoms with Gasteiger partial charge in [-0.1, -0.05) is 12.1 Å². The zero-order valence-corrected chi connectivity index (χ0v) is 19.7. The van der Waals surface area contributed by atoms with E-state index in [2.05, 4.69) is 0 Å². The van der Waals surface area contributed by atoms with Gasteiger partial charge in [0, 0.05) is 35.0 Å². The summed E-state index contributed by atoms with van der Waals surface area (Å²) in [6, 6.07) is 11.4. The Kier molecular flexibility index (Phi) is 7.37. The molecule has 1 aliphatic heterocycles. The number of hydrogen-bond acceptors (Lipinski definition) is 6. The molecule has 3 aromatic rings. The van der Waals surface area contributed by atoms with Gasteiger partial charge in [0.15, 0.2) is 0 Å². The minimum absolute atomic E-state index is 0.154. The summed E-state index contributed by atoms with van der Waals surface area (Å²) < 4.78 is 47.0. The molecule has 1 amide bonds. The van der Waals surface area contributed by atoms with Crippen LogP contribution in [0, 0.1) is 5.82 Å². The fourth-order valence-electron chi connectivity index (χ4n) is 3.49. The molecule has 0 saturated carbocycles. The van der Waals surface area contributed by atoms with Gasteiger partial charge in [0.25, 0.3) is 5.91 Å². The van der Waals surface area contributed by atoms with Crippen LogP contribution in [0.5, 0.6) is 0 Å². The van der Waals surface area contributed by atoms with Crippen LogP contribution in [0.4, 0.5) is 4.39 Å². The van der Waals surface area contributed by atoms with Crippen LogP contribution in [0.25, 0.3) is 0 Å². The van der Waals surface area contributed by atoms with Crippen molar-refractivity contribution in [3.63, 3.8) is 0 Å². The molecule has 0 spiro atoms. The Morgan fingerprint density at radius 2 is 1.75 bits per heavy atom. The Labute approximate surface area is 194 Å². The van der Waals surface area contributed by atoms with Crippen molar-refractivity contribution in [2.24, 2.45) is 0 Å². The fraction of sp³-hybridized carbons (Fsp3) is 0.318. The number of thiophene rings is 2. The Bertz CT molecular complexity index is 1140. The van der Waals surface area contributed by atoms with E-state index in [0.29, 0.717) is 19.5 Å². The lowest BCUT2D eigenvalue weighted by molar-refractivity contribution is 0.0728. The van der Waals surface area contributed by atoms with E-state index >= 15 is 0 Å². The van der Waals surface area contributed by atoms with Gasteiger partial charge in [-0.3, -0.25) is 4.79 Å². The van der Waals surface area contributed by atoms with Gasteiger partial charge in [0.1, 0.15) is 10.7 Å². The van der Waals surface area contributed by atoms with Crippen LogP contribution in [0.1, 0.15) is 20.1 Å². The molecule has 0 radical (unpaired) electrons. The lowest BCUT2D eigenvalue weighted by Crippen LogP contribution is -2.41. The van der Waals surface area contributed by atoms with E-state index in [-0.39, 0.29) is 37.8 Å². The minimum atomic E-state index is -4.06. The molecule has 170 valence electrons. The van der Waals surface area contributed by atoms with Gasteiger partial charge >= 0.3 is 0 Å². The molecule has 1 saturated heterocycles. The highest BCUT2D eigenvalue weighted by Crippen LogP contribution is 2.24. The molecular formula is C22H23FN2O4S3.